The molecule has 0 bridgehead atoms. The van der Waals surface area contributed by atoms with E-state index in [1.807, 2.05) is 0 Å². The number of halogens is 1. The number of aliphatic carboxylic acids is 1. The zero-order chi connectivity index (χ0) is 16.6. The maximum Gasteiger partial charge on any atom is 0.326 e. The van der Waals surface area contributed by atoms with E-state index in [2.05, 4.69) is 15.9 Å². The largest absolute Gasteiger partial charge is 0.480 e. The second kappa shape index (κ2) is 6.47. The summed E-state index contributed by atoms with van der Waals surface area (Å²) in [6.45, 7) is -0.120. The predicted octanol–water partition coefficient (Wildman–Crippen LogP) is 1.86. The van der Waals surface area contributed by atoms with Crippen LogP contribution >= 0.6 is 15.9 Å². The van der Waals surface area contributed by atoms with Crippen molar-refractivity contribution in [3.63, 3.8) is 0 Å². The van der Waals surface area contributed by atoms with E-state index in [0.717, 1.165) is 25.7 Å². The van der Waals surface area contributed by atoms with Crippen molar-refractivity contribution in [1.82, 2.24) is 9.47 Å². The molecule has 23 heavy (non-hydrogen) atoms. The molecule has 1 saturated heterocycles. The standard InChI is InChI=1S/C16H19BrN2O4/c17-11-5-6-14(20)18(8-11)9-15(21)19-12-4-2-1-3-10(12)7-13(19)16(22)23/h5-6,8,10,12-13H,1-4,7,9H2,(H,22,23)/t10-,12-,13-/m0/s1. The average molecular weight is 383 g/mol. The highest BCUT2D eigenvalue weighted by Crippen LogP contribution is 2.39. The lowest BCUT2D eigenvalue weighted by molar-refractivity contribution is -0.150. The van der Waals surface area contributed by atoms with Gasteiger partial charge in [0.25, 0.3) is 5.56 Å². The van der Waals surface area contributed by atoms with E-state index in [-0.39, 0.29) is 30.0 Å². The third-order valence-corrected chi connectivity index (χ3v) is 5.38. The van der Waals surface area contributed by atoms with Crippen LogP contribution in [0.4, 0.5) is 0 Å². The Balaban J connectivity index is 1.85. The molecule has 3 atom stereocenters. The van der Waals surface area contributed by atoms with E-state index >= 15 is 0 Å². The molecular weight excluding hydrogens is 364 g/mol. The number of fused-ring (bicyclic) bond motifs is 1. The highest BCUT2D eigenvalue weighted by Gasteiger charge is 2.47. The van der Waals surface area contributed by atoms with Crippen molar-refractivity contribution in [2.45, 2.75) is 50.7 Å². The van der Waals surface area contributed by atoms with Gasteiger partial charge in [0.2, 0.25) is 5.91 Å². The molecule has 1 aromatic rings. The van der Waals surface area contributed by atoms with Crippen LogP contribution in [0.1, 0.15) is 32.1 Å². The van der Waals surface area contributed by atoms with Crippen molar-refractivity contribution in [3.05, 3.63) is 33.2 Å². The number of likely N-dealkylation sites (tertiary alicyclic amines) is 1. The molecule has 2 aliphatic rings. The molecule has 0 radical (unpaired) electrons. The molecule has 2 fully saturated rings. The minimum Gasteiger partial charge on any atom is -0.480 e. The zero-order valence-electron chi connectivity index (χ0n) is 12.7. The van der Waals surface area contributed by atoms with Gasteiger partial charge in [-0.25, -0.2) is 4.79 Å². The fraction of sp³-hybridized carbons (Fsp3) is 0.562. The average Bonchev–Trinajstić information content (AvgIpc) is 2.90. The third kappa shape index (κ3) is 3.20. The van der Waals surface area contributed by atoms with Crippen LogP contribution in [0, 0.1) is 5.92 Å². The van der Waals surface area contributed by atoms with E-state index in [1.54, 1.807) is 12.3 Å². The van der Waals surface area contributed by atoms with Crippen molar-refractivity contribution in [3.8, 4) is 0 Å². The second-order valence-corrected chi connectivity index (χ2v) is 7.23. The summed E-state index contributed by atoms with van der Waals surface area (Å²) in [5.41, 5.74) is -0.271. The first-order valence-electron chi connectivity index (χ1n) is 7.87. The number of carboxylic acid groups (broad SMARTS) is 1. The Morgan fingerprint density at radius 1 is 1.26 bits per heavy atom. The molecule has 2 heterocycles. The molecule has 1 saturated carbocycles. The summed E-state index contributed by atoms with van der Waals surface area (Å²) in [5, 5.41) is 9.47. The van der Waals surface area contributed by atoms with Crippen LogP contribution in [0.15, 0.2) is 27.6 Å². The van der Waals surface area contributed by atoms with Crippen LogP contribution < -0.4 is 5.56 Å². The van der Waals surface area contributed by atoms with E-state index < -0.39 is 12.0 Å². The van der Waals surface area contributed by atoms with Crippen molar-refractivity contribution in [2.24, 2.45) is 5.92 Å². The molecule has 124 valence electrons. The van der Waals surface area contributed by atoms with Gasteiger partial charge in [0, 0.05) is 22.8 Å². The van der Waals surface area contributed by atoms with Crippen LogP contribution in [-0.4, -0.2) is 38.5 Å². The van der Waals surface area contributed by atoms with Crippen LogP contribution in [0.5, 0.6) is 0 Å². The third-order valence-electron chi connectivity index (χ3n) is 4.91. The van der Waals surface area contributed by atoms with Gasteiger partial charge >= 0.3 is 5.97 Å². The minimum absolute atomic E-state index is 0.000190. The topological polar surface area (TPSA) is 79.6 Å². The summed E-state index contributed by atoms with van der Waals surface area (Å²) in [5.74, 6) is -0.964. The molecule has 1 N–H and O–H groups in total. The van der Waals surface area contributed by atoms with E-state index in [4.69, 9.17) is 0 Å². The van der Waals surface area contributed by atoms with Crippen LogP contribution in [0.25, 0.3) is 0 Å². The number of carboxylic acids is 1. The van der Waals surface area contributed by atoms with Crippen molar-refractivity contribution in [2.75, 3.05) is 0 Å². The Bertz CT molecular complexity index is 687. The normalized spacial score (nSPS) is 26.8. The number of carbonyl (C=O) groups excluding carboxylic acids is 1. The van der Waals surface area contributed by atoms with E-state index in [0.29, 0.717) is 10.9 Å². The highest BCUT2D eigenvalue weighted by atomic mass is 79.9. The van der Waals surface area contributed by atoms with Gasteiger partial charge in [-0.05, 0) is 47.2 Å². The molecule has 1 aromatic heterocycles. The summed E-state index contributed by atoms with van der Waals surface area (Å²) in [6, 6.07) is 2.24. The molecule has 1 amide bonds. The van der Waals surface area contributed by atoms with E-state index in [9.17, 15) is 19.5 Å². The van der Waals surface area contributed by atoms with Crippen LogP contribution in [0.2, 0.25) is 0 Å². The summed E-state index contributed by atoms with van der Waals surface area (Å²) >= 11 is 3.28. The number of carbonyl (C=O) groups is 2. The van der Waals surface area contributed by atoms with E-state index in [1.165, 1.54) is 15.5 Å². The van der Waals surface area contributed by atoms with Crippen LogP contribution in [-0.2, 0) is 16.1 Å². The number of nitrogens with zero attached hydrogens (tertiary/aromatic N) is 2. The number of pyridine rings is 1. The van der Waals surface area contributed by atoms with Gasteiger partial charge in [0.15, 0.2) is 0 Å². The Labute approximate surface area is 142 Å². The molecule has 1 aliphatic heterocycles. The lowest BCUT2D eigenvalue weighted by Crippen LogP contribution is -2.48. The Morgan fingerprint density at radius 2 is 2.00 bits per heavy atom. The van der Waals surface area contributed by atoms with Gasteiger partial charge in [-0.15, -0.1) is 0 Å². The first kappa shape index (κ1) is 16.2. The summed E-state index contributed by atoms with van der Waals surface area (Å²) < 4.78 is 2.03. The van der Waals surface area contributed by atoms with Gasteiger partial charge in [0.1, 0.15) is 12.6 Å². The predicted molar refractivity (Wildman–Crippen MR) is 87.0 cm³/mol. The minimum atomic E-state index is -0.950. The number of aromatic nitrogens is 1. The lowest BCUT2D eigenvalue weighted by Gasteiger charge is -2.33. The smallest absolute Gasteiger partial charge is 0.326 e. The first-order chi connectivity index (χ1) is 11.0. The first-order valence-corrected chi connectivity index (χ1v) is 8.66. The number of amides is 1. The number of hydrogen-bond donors (Lipinski definition) is 1. The lowest BCUT2D eigenvalue weighted by atomic mass is 9.85. The number of rotatable bonds is 3. The van der Waals surface area contributed by atoms with Gasteiger partial charge < -0.3 is 14.6 Å². The Morgan fingerprint density at radius 3 is 2.74 bits per heavy atom. The molecule has 0 unspecified atom stereocenters. The monoisotopic (exact) mass is 382 g/mol. The molecule has 0 aromatic carbocycles. The Kier molecular flexibility index (Phi) is 4.57. The highest BCUT2D eigenvalue weighted by molar-refractivity contribution is 9.10. The van der Waals surface area contributed by atoms with Gasteiger partial charge in [0.05, 0.1) is 0 Å². The summed E-state index contributed by atoms with van der Waals surface area (Å²) in [6.07, 6.45) is 6.04. The maximum atomic E-state index is 12.7. The maximum absolute atomic E-state index is 12.7. The van der Waals surface area contributed by atoms with Crippen LogP contribution in [0.3, 0.4) is 0 Å². The summed E-state index contributed by atoms with van der Waals surface area (Å²) in [7, 11) is 0. The molecule has 3 rings (SSSR count). The fourth-order valence-electron chi connectivity index (χ4n) is 3.89. The Hall–Kier alpha value is -1.63. The molecule has 1 aliphatic carbocycles. The SMILES string of the molecule is O=C(O)[C@@H]1C[C@@H]2CCCC[C@@H]2N1C(=O)Cn1cc(Br)ccc1=O. The zero-order valence-corrected chi connectivity index (χ0v) is 14.2. The van der Waals surface area contributed by atoms with Crippen molar-refractivity contribution < 1.29 is 14.7 Å². The molecule has 7 heteroatoms. The van der Waals surface area contributed by atoms with Gasteiger partial charge in [-0.1, -0.05) is 12.8 Å². The van der Waals surface area contributed by atoms with Gasteiger partial charge in [-0.2, -0.15) is 0 Å². The van der Waals surface area contributed by atoms with Crippen molar-refractivity contribution in [1.29, 1.82) is 0 Å². The van der Waals surface area contributed by atoms with Crippen molar-refractivity contribution >= 4 is 27.8 Å². The van der Waals surface area contributed by atoms with Gasteiger partial charge in [-0.3, -0.25) is 9.59 Å². The fourth-order valence-corrected chi connectivity index (χ4v) is 4.27. The molecule has 0 spiro atoms. The quantitative estimate of drug-likeness (QED) is 0.864. The summed E-state index contributed by atoms with van der Waals surface area (Å²) in [4.78, 5) is 37.7. The molecular formula is C16H19BrN2O4. The number of hydrogen-bond acceptors (Lipinski definition) is 3. The second-order valence-electron chi connectivity index (χ2n) is 6.32. The molecule has 6 nitrogen and oxygen atoms in total.